The number of benzene rings is 1. The lowest BCUT2D eigenvalue weighted by Crippen LogP contribution is -2.21. The van der Waals surface area contributed by atoms with Crippen LogP contribution in [0.25, 0.3) is 6.08 Å². The predicted octanol–water partition coefficient (Wildman–Crippen LogP) is 1.61. The first kappa shape index (κ1) is 14.7. The van der Waals surface area contributed by atoms with E-state index >= 15 is 0 Å². The first-order valence-corrected chi connectivity index (χ1v) is 6.46. The van der Waals surface area contributed by atoms with Crippen LogP contribution < -0.4 is 5.32 Å². The van der Waals surface area contributed by atoms with Crippen molar-refractivity contribution in [3.05, 3.63) is 65.5 Å². The fourth-order valence-corrected chi connectivity index (χ4v) is 1.83. The zero-order valence-electron chi connectivity index (χ0n) is 11.4. The second-order valence-electron chi connectivity index (χ2n) is 4.45. The molecule has 0 saturated carbocycles. The highest BCUT2D eigenvalue weighted by molar-refractivity contribution is 5.91. The molecule has 1 amide bonds. The summed E-state index contributed by atoms with van der Waals surface area (Å²) in [5.41, 5.74) is 2.31. The number of aromatic nitrogens is 1. The summed E-state index contributed by atoms with van der Waals surface area (Å²) < 4.78 is 0. The van der Waals surface area contributed by atoms with Crippen molar-refractivity contribution < 1.29 is 15.0 Å². The highest BCUT2D eigenvalue weighted by Crippen LogP contribution is 2.10. The summed E-state index contributed by atoms with van der Waals surface area (Å²) in [5, 5.41) is 21.2. The normalized spacial score (nSPS) is 10.7. The van der Waals surface area contributed by atoms with E-state index in [9.17, 15) is 15.0 Å². The van der Waals surface area contributed by atoms with E-state index in [0.717, 1.165) is 11.1 Å². The summed E-state index contributed by atoms with van der Waals surface area (Å²) >= 11 is 0. The Balaban J connectivity index is 1.93. The van der Waals surface area contributed by atoms with Gasteiger partial charge in [0.25, 0.3) is 0 Å². The number of aromatic hydroxyl groups is 1. The zero-order chi connectivity index (χ0) is 15.1. The lowest BCUT2D eigenvalue weighted by molar-refractivity contribution is -0.116. The molecule has 0 aliphatic rings. The van der Waals surface area contributed by atoms with Crippen LogP contribution in [0.2, 0.25) is 0 Å². The van der Waals surface area contributed by atoms with Gasteiger partial charge < -0.3 is 15.5 Å². The van der Waals surface area contributed by atoms with E-state index < -0.39 is 0 Å². The average molecular weight is 284 g/mol. The predicted molar refractivity (Wildman–Crippen MR) is 79.1 cm³/mol. The van der Waals surface area contributed by atoms with Gasteiger partial charge in [-0.05, 0) is 28.8 Å². The van der Waals surface area contributed by atoms with Crippen molar-refractivity contribution in [2.45, 2.75) is 13.2 Å². The van der Waals surface area contributed by atoms with Crippen molar-refractivity contribution in [3.8, 4) is 5.75 Å². The van der Waals surface area contributed by atoms with E-state index in [4.69, 9.17) is 0 Å². The van der Waals surface area contributed by atoms with E-state index in [-0.39, 0.29) is 18.3 Å². The number of aliphatic hydroxyl groups excluding tert-OH is 1. The van der Waals surface area contributed by atoms with Gasteiger partial charge in [-0.2, -0.15) is 0 Å². The molecule has 1 aromatic heterocycles. The molecule has 0 fully saturated rings. The van der Waals surface area contributed by atoms with Crippen molar-refractivity contribution >= 4 is 12.0 Å². The smallest absolute Gasteiger partial charge is 0.244 e. The Morgan fingerprint density at radius 3 is 2.71 bits per heavy atom. The largest absolute Gasteiger partial charge is 0.506 e. The van der Waals surface area contributed by atoms with E-state index in [1.54, 1.807) is 12.3 Å². The Bertz CT molecular complexity index is 653. The van der Waals surface area contributed by atoms with Crippen LogP contribution in [0, 0.1) is 0 Å². The number of nitrogens with zero attached hydrogens (tertiary/aromatic N) is 1. The van der Waals surface area contributed by atoms with Gasteiger partial charge in [-0.1, -0.05) is 24.3 Å². The number of nitrogens with one attached hydrogen (secondary N) is 1. The van der Waals surface area contributed by atoms with Crippen LogP contribution in [0.3, 0.4) is 0 Å². The molecule has 1 heterocycles. The van der Waals surface area contributed by atoms with Gasteiger partial charge in [0.2, 0.25) is 5.91 Å². The van der Waals surface area contributed by atoms with Crippen LogP contribution in [-0.2, 0) is 17.9 Å². The number of hydrogen-bond acceptors (Lipinski definition) is 4. The second-order valence-corrected chi connectivity index (χ2v) is 4.45. The molecule has 0 aliphatic carbocycles. The van der Waals surface area contributed by atoms with Crippen LogP contribution in [0.1, 0.15) is 16.7 Å². The first-order valence-electron chi connectivity index (χ1n) is 6.46. The molecule has 0 spiro atoms. The van der Waals surface area contributed by atoms with Crippen LogP contribution in [0.4, 0.5) is 0 Å². The number of carbonyl (C=O) groups excluding carboxylic acids is 1. The van der Waals surface area contributed by atoms with E-state index in [0.29, 0.717) is 12.1 Å². The summed E-state index contributed by atoms with van der Waals surface area (Å²) in [6.07, 6.45) is 5.81. The number of hydrogen-bond donors (Lipinski definition) is 3. The molecule has 0 radical (unpaired) electrons. The van der Waals surface area contributed by atoms with Gasteiger partial charge in [0, 0.05) is 18.8 Å². The minimum absolute atomic E-state index is 0.0504. The fraction of sp³-hybridized carbons (Fsp3) is 0.125. The van der Waals surface area contributed by atoms with E-state index in [1.807, 2.05) is 24.3 Å². The molecule has 0 bridgehead atoms. The van der Waals surface area contributed by atoms with Gasteiger partial charge in [-0.15, -0.1) is 0 Å². The van der Waals surface area contributed by atoms with Crippen LogP contribution in [0.15, 0.2) is 48.8 Å². The maximum Gasteiger partial charge on any atom is 0.244 e. The molecule has 5 heteroatoms. The summed E-state index contributed by atoms with van der Waals surface area (Å²) in [6.45, 7) is 0.287. The minimum Gasteiger partial charge on any atom is -0.506 e. The molecule has 21 heavy (non-hydrogen) atoms. The maximum absolute atomic E-state index is 11.7. The summed E-state index contributed by atoms with van der Waals surface area (Å²) in [7, 11) is 0. The van der Waals surface area contributed by atoms with Crippen LogP contribution >= 0.6 is 0 Å². The molecule has 1 aromatic carbocycles. The van der Waals surface area contributed by atoms with Gasteiger partial charge in [0.05, 0.1) is 12.8 Å². The van der Waals surface area contributed by atoms with Crippen LogP contribution in [0.5, 0.6) is 5.75 Å². The number of amides is 1. The molecule has 2 aromatic rings. The number of rotatable bonds is 5. The fourth-order valence-electron chi connectivity index (χ4n) is 1.83. The third kappa shape index (κ3) is 4.43. The topological polar surface area (TPSA) is 82.5 Å². The van der Waals surface area contributed by atoms with Gasteiger partial charge >= 0.3 is 0 Å². The Kier molecular flexibility index (Phi) is 5.06. The first-order chi connectivity index (χ1) is 10.2. The Hall–Kier alpha value is -2.66. The number of carbonyl (C=O) groups is 1. The molecule has 3 N–H and O–H groups in total. The number of pyridine rings is 1. The molecule has 2 rings (SSSR count). The zero-order valence-corrected chi connectivity index (χ0v) is 11.4. The van der Waals surface area contributed by atoms with Crippen molar-refractivity contribution in [1.82, 2.24) is 10.3 Å². The lowest BCUT2D eigenvalue weighted by Gasteiger charge is -2.07. The monoisotopic (exact) mass is 284 g/mol. The van der Waals surface area contributed by atoms with Crippen molar-refractivity contribution in [3.63, 3.8) is 0 Å². The molecule has 108 valence electrons. The van der Waals surface area contributed by atoms with Gasteiger partial charge in [-0.25, -0.2) is 0 Å². The SMILES string of the molecule is O=C(/C=C/c1cncc(O)c1)NCc1ccccc1CO. The minimum atomic E-state index is -0.258. The summed E-state index contributed by atoms with van der Waals surface area (Å²) in [5.74, 6) is -0.208. The van der Waals surface area contributed by atoms with Crippen molar-refractivity contribution in [2.24, 2.45) is 0 Å². The third-order valence-corrected chi connectivity index (χ3v) is 2.91. The highest BCUT2D eigenvalue weighted by Gasteiger charge is 2.02. The van der Waals surface area contributed by atoms with Crippen molar-refractivity contribution in [1.29, 1.82) is 0 Å². The van der Waals surface area contributed by atoms with Gasteiger partial charge in [0.15, 0.2) is 0 Å². The highest BCUT2D eigenvalue weighted by atomic mass is 16.3. The molecule has 5 nitrogen and oxygen atoms in total. The van der Waals surface area contributed by atoms with Gasteiger partial charge in [0.1, 0.15) is 5.75 Å². The molecule has 0 atom stereocenters. The molecule has 0 saturated heterocycles. The lowest BCUT2D eigenvalue weighted by atomic mass is 10.1. The third-order valence-electron chi connectivity index (χ3n) is 2.91. The second kappa shape index (κ2) is 7.21. The molecule has 0 unspecified atom stereocenters. The van der Waals surface area contributed by atoms with E-state index in [1.165, 1.54) is 18.3 Å². The molecular weight excluding hydrogens is 268 g/mol. The number of aliphatic hydroxyl groups is 1. The summed E-state index contributed by atoms with van der Waals surface area (Å²) in [6, 6.07) is 8.88. The van der Waals surface area contributed by atoms with Crippen LogP contribution in [-0.4, -0.2) is 21.1 Å². The summed E-state index contributed by atoms with van der Waals surface area (Å²) in [4.78, 5) is 15.5. The van der Waals surface area contributed by atoms with E-state index in [2.05, 4.69) is 10.3 Å². The Morgan fingerprint density at radius 1 is 1.24 bits per heavy atom. The Labute approximate surface area is 122 Å². The standard InChI is InChI=1S/C16H16N2O3/c19-11-14-4-2-1-3-13(14)9-18-16(21)6-5-12-7-15(20)10-17-8-12/h1-8,10,19-20H,9,11H2,(H,18,21)/b6-5+. The maximum atomic E-state index is 11.7. The molecule has 0 aliphatic heterocycles. The Morgan fingerprint density at radius 2 is 2.00 bits per heavy atom. The average Bonchev–Trinajstić information content (AvgIpc) is 2.51. The van der Waals surface area contributed by atoms with Crippen molar-refractivity contribution in [2.75, 3.05) is 0 Å². The quantitative estimate of drug-likeness (QED) is 0.728. The van der Waals surface area contributed by atoms with Gasteiger partial charge in [-0.3, -0.25) is 9.78 Å². The molecular formula is C16H16N2O3.